The Labute approximate surface area is 114 Å². The molecule has 5 heteroatoms. The number of nitrogens with two attached hydrogens (primary N) is 1. The summed E-state index contributed by atoms with van der Waals surface area (Å²) in [4.78, 5) is 0.242. The molecule has 1 aliphatic rings. The molecule has 0 aromatic heterocycles. The van der Waals surface area contributed by atoms with Crippen LogP contribution in [0.15, 0.2) is 29.2 Å². The molecular weight excluding hydrogens is 262 g/mol. The summed E-state index contributed by atoms with van der Waals surface area (Å²) in [5, 5.41) is 0. The van der Waals surface area contributed by atoms with Gasteiger partial charge in [0.15, 0.2) is 9.84 Å². The lowest BCUT2D eigenvalue weighted by Crippen LogP contribution is -2.38. The fourth-order valence-electron chi connectivity index (χ4n) is 2.47. The van der Waals surface area contributed by atoms with Gasteiger partial charge in [-0.15, -0.1) is 0 Å². The van der Waals surface area contributed by atoms with Gasteiger partial charge in [-0.05, 0) is 31.4 Å². The third-order valence-electron chi connectivity index (χ3n) is 3.53. The van der Waals surface area contributed by atoms with Crippen molar-refractivity contribution >= 4 is 9.84 Å². The molecule has 0 amide bonds. The Kier molecular flexibility index (Phi) is 4.47. The molecular formula is C14H21NO3S. The van der Waals surface area contributed by atoms with Crippen LogP contribution in [0.3, 0.4) is 0 Å². The van der Waals surface area contributed by atoms with Crippen molar-refractivity contribution in [1.29, 1.82) is 0 Å². The Morgan fingerprint density at radius 3 is 2.58 bits per heavy atom. The molecule has 19 heavy (non-hydrogen) atoms. The number of hydrogen-bond acceptors (Lipinski definition) is 4. The maximum absolute atomic E-state index is 11.7. The second-order valence-corrected chi connectivity index (χ2v) is 7.16. The van der Waals surface area contributed by atoms with E-state index in [9.17, 15) is 8.42 Å². The molecule has 0 radical (unpaired) electrons. The second-order valence-electron chi connectivity index (χ2n) is 5.18. The highest BCUT2D eigenvalue weighted by Crippen LogP contribution is 2.27. The van der Waals surface area contributed by atoms with Gasteiger partial charge in [-0.1, -0.05) is 25.0 Å². The van der Waals surface area contributed by atoms with Crippen molar-refractivity contribution in [2.24, 2.45) is 5.73 Å². The average Bonchev–Trinajstić information content (AvgIpc) is 2.54. The summed E-state index contributed by atoms with van der Waals surface area (Å²) in [6.45, 7) is 0. The van der Waals surface area contributed by atoms with E-state index in [2.05, 4.69) is 0 Å². The van der Waals surface area contributed by atoms with Crippen LogP contribution >= 0.6 is 0 Å². The van der Waals surface area contributed by atoms with Gasteiger partial charge in [0, 0.05) is 12.3 Å². The number of hydrogen-bond donors (Lipinski definition) is 1. The molecule has 2 N–H and O–H groups in total. The largest absolute Gasteiger partial charge is 0.487 e. The molecule has 2 unspecified atom stereocenters. The first-order valence-corrected chi connectivity index (χ1v) is 8.59. The normalized spacial score (nSPS) is 24.7. The summed E-state index contributed by atoms with van der Waals surface area (Å²) in [6, 6.07) is 6.75. The van der Waals surface area contributed by atoms with E-state index < -0.39 is 9.84 Å². The predicted octanol–water partition coefficient (Wildman–Crippen LogP) is 2.13. The van der Waals surface area contributed by atoms with Gasteiger partial charge in [0.05, 0.1) is 0 Å². The number of para-hydroxylation sites is 1. The lowest BCUT2D eigenvalue weighted by molar-refractivity contribution is 0.158. The molecule has 106 valence electrons. The lowest BCUT2D eigenvalue weighted by Gasteiger charge is -2.24. The Balaban J connectivity index is 2.23. The summed E-state index contributed by atoms with van der Waals surface area (Å²) >= 11 is 0. The molecule has 0 heterocycles. The molecule has 0 spiro atoms. The number of sulfone groups is 1. The molecule has 1 aliphatic carbocycles. The molecule has 4 nitrogen and oxygen atoms in total. The van der Waals surface area contributed by atoms with Gasteiger partial charge in [-0.25, -0.2) is 8.42 Å². The third-order valence-corrected chi connectivity index (χ3v) is 4.67. The van der Waals surface area contributed by atoms with E-state index in [1.54, 1.807) is 24.3 Å². The van der Waals surface area contributed by atoms with Crippen molar-refractivity contribution in [1.82, 2.24) is 0 Å². The van der Waals surface area contributed by atoms with Crippen LogP contribution in [-0.4, -0.2) is 26.8 Å². The zero-order valence-electron chi connectivity index (χ0n) is 11.2. The van der Waals surface area contributed by atoms with Gasteiger partial charge in [0.1, 0.15) is 16.7 Å². The zero-order valence-corrected chi connectivity index (χ0v) is 12.0. The van der Waals surface area contributed by atoms with E-state index in [1.165, 1.54) is 12.7 Å². The van der Waals surface area contributed by atoms with Crippen LogP contribution in [-0.2, 0) is 9.84 Å². The van der Waals surface area contributed by atoms with Crippen molar-refractivity contribution in [3.63, 3.8) is 0 Å². The Morgan fingerprint density at radius 2 is 1.84 bits per heavy atom. The minimum Gasteiger partial charge on any atom is -0.487 e. The summed E-state index contributed by atoms with van der Waals surface area (Å²) in [6.07, 6.45) is 6.30. The van der Waals surface area contributed by atoms with Crippen LogP contribution in [0.5, 0.6) is 5.75 Å². The Morgan fingerprint density at radius 1 is 1.16 bits per heavy atom. The van der Waals surface area contributed by atoms with Crippen molar-refractivity contribution < 1.29 is 13.2 Å². The number of ether oxygens (including phenoxy) is 1. The first-order chi connectivity index (χ1) is 8.98. The summed E-state index contributed by atoms with van der Waals surface area (Å²) in [5.41, 5.74) is 6.11. The van der Waals surface area contributed by atoms with Crippen molar-refractivity contribution in [2.75, 3.05) is 6.26 Å². The van der Waals surface area contributed by atoms with Crippen molar-refractivity contribution in [3.05, 3.63) is 24.3 Å². The smallest absolute Gasteiger partial charge is 0.179 e. The third kappa shape index (κ3) is 3.70. The van der Waals surface area contributed by atoms with Crippen LogP contribution in [0, 0.1) is 0 Å². The lowest BCUT2D eigenvalue weighted by atomic mass is 10.1. The minimum absolute atomic E-state index is 0.0184. The SMILES string of the molecule is CS(=O)(=O)c1ccccc1OC1CCCCCC1N. The van der Waals surface area contributed by atoms with Crippen LogP contribution in [0.4, 0.5) is 0 Å². The fraction of sp³-hybridized carbons (Fsp3) is 0.571. The van der Waals surface area contributed by atoms with Gasteiger partial charge in [-0.3, -0.25) is 0 Å². The number of benzene rings is 1. The molecule has 1 fully saturated rings. The monoisotopic (exact) mass is 283 g/mol. The average molecular weight is 283 g/mol. The van der Waals surface area contributed by atoms with Crippen LogP contribution in [0.25, 0.3) is 0 Å². The molecule has 1 saturated carbocycles. The fourth-order valence-corrected chi connectivity index (χ4v) is 3.27. The summed E-state index contributed by atoms with van der Waals surface area (Å²) in [5.74, 6) is 0.423. The molecule has 0 aliphatic heterocycles. The second kappa shape index (κ2) is 5.92. The van der Waals surface area contributed by atoms with Crippen LogP contribution in [0.2, 0.25) is 0 Å². The molecule has 0 saturated heterocycles. The summed E-state index contributed by atoms with van der Waals surface area (Å²) in [7, 11) is -3.28. The van der Waals surface area contributed by atoms with E-state index in [4.69, 9.17) is 10.5 Å². The standard InChI is InChI=1S/C14H21NO3S/c1-19(16,17)14-10-6-5-9-13(14)18-12-8-4-2-3-7-11(12)15/h5-6,9-12H,2-4,7-8,15H2,1H3. The van der Waals surface area contributed by atoms with Crippen LogP contribution in [0.1, 0.15) is 32.1 Å². The maximum Gasteiger partial charge on any atom is 0.179 e. The molecule has 2 rings (SSSR count). The maximum atomic E-state index is 11.7. The van der Waals surface area contributed by atoms with E-state index in [0.29, 0.717) is 5.75 Å². The number of rotatable bonds is 3. The molecule has 0 bridgehead atoms. The van der Waals surface area contributed by atoms with E-state index >= 15 is 0 Å². The first-order valence-electron chi connectivity index (χ1n) is 6.70. The topological polar surface area (TPSA) is 69.4 Å². The molecule has 1 aromatic rings. The van der Waals surface area contributed by atoms with Gasteiger partial charge in [0.25, 0.3) is 0 Å². The van der Waals surface area contributed by atoms with Gasteiger partial charge >= 0.3 is 0 Å². The van der Waals surface area contributed by atoms with E-state index in [0.717, 1.165) is 25.7 Å². The van der Waals surface area contributed by atoms with E-state index in [1.807, 2.05) is 0 Å². The molecule has 1 aromatic carbocycles. The van der Waals surface area contributed by atoms with Gasteiger partial charge in [-0.2, -0.15) is 0 Å². The quantitative estimate of drug-likeness (QED) is 0.863. The first kappa shape index (κ1) is 14.3. The highest BCUT2D eigenvalue weighted by atomic mass is 32.2. The summed E-state index contributed by atoms with van der Waals surface area (Å²) < 4.78 is 29.4. The molecule has 2 atom stereocenters. The van der Waals surface area contributed by atoms with Crippen molar-refractivity contribution in [3.8, 4) is 5.75 Å². The predicted molar refractivity (Wildman–Crippen MR) is 75.0 cm³/mol. The minimum atomic E-state index is -3.28. The van der Waals surface area contributed by atoms with Crippen molar-refractivity contribution in [2.45, 2.75) is 49.1 Å². The van der Waals surface area contributed by atoms with Gasteiger partial charge in [0.2, 0.25) is 0 Å². The Hall–Kier alpha value is -1.07. The highest BCUT2D eigenvalue weighted by molar-refractivity contribution is 7.90. The van der Waals surface area contributed by atoms with Crippen LogP contribution < -0.4 is 10.5 Å². The van der Waals surface area contributed by atoms with E-state index in [-0.39, 0.29) is 17.0 Å². The van der Waals surface area contributed by atoms with Gasteiger partial charge < -0.3 is 10.5 Å². The Bertz CT molecular complexity index is 527. The highest BCUT2D eigenvalue weighted by Gasteiger charge is 2.24. The zero-order chi connectivity index (χ0) is 13.9.